The van der Waals surface area contributed by atoms with E-state index < -0.39 is 5.60 Å². The van der Waals surface area contributed by atoms with Crippen LogP contribution < -0.4 is 4.90 Å². The highest BCUT2D eigenvalue weighted by Gasteiger charge is 2.47. The van der Waals surface area contributed by atoms with E-state index in [9.17, 15) is 4.79 Å². The molecule has 0 bridgehead atoms. The van der Waals surface area contributed by atoms with Crippen molar-refractivity contribution in [1.29, 1.82) is 0 Å². The number of likely N-dealkylation sites (tertiary alicyclic amines) is 1. The number of amides is 1. The normalized spacial score (nSPS) is 17.6. The maximum absolute atomic E-state index is 13.1. The quantitative estimate of drug-likeness (QED) is 0.304. The molecule has 0 atom stereocenters. The lowest BCUT2D eigenvalue weighted by molar-refractivity contribution is 0.0570. The second-order valence-electron chi connectivity index (χ2n) is 11.8. The Morgan fingerprint density at radius 2 is 1.62 bits per heavy atom. The maximum atomic E-state index is 13.1. The summed E-state index contributed by atoms with van der Waals surface area (Å²) in [5.74, 6) is 0. The highest BCUT2D eigenvalue weighted by Crippen LogP contribution is 2.47. The molecule has 37 heavy (non-hydrogen) atoms. The standard InChI is InChI=1S/C32H37N3O2/c1-5-34-27-12-8-6-10-24(27)25-20-23(14-15-28(25)34)21-33-18-16-32(17-19-33)22-35(30(36)37-31(2,3)4)29-13-9-7-11-26(29)32/h6-15,20H,5,16-19,21-22H2,1-4H3. The van der Waals surface area contributed by atoms with Crippen molar-refractivity contribution >= 4 is 33.6 Å². The van der Waals surface area contributed by atoms with Crippen LogP contribution in [0.25, 0.3) is 21.8 Å². The number of anilines is 1. The Hall–Kier alpha value is -3.31. The number of carbonyl (C=O) groups is 1. The van der Waals surface area contributed by atoms with Gasteiger partial charge in [-0.1, -0.05) is 42.5 Å². The summed E-state index contributed by atoms with van der Waals surface area (Å²) in [6.45, 7) is 12.7. The number of ether oxygens (including phenoxy) is 1. The van der Waals surface area contributed by atoms with Crippen molar-refractivity contribution in [2.45, 2.75) is 64.6 Å². The van der Waals surface area contributed by atoms with Gasteiger partial charge in [-0.3, -0.25) is 9.80 Å². The summed E-state index contributed by atoms with van der Waals surface area (Å²) in [5, 5.41) is 2.68. The molecule has 0 saturated carbocycles. The van der Waals surface area contributed by atoms with Crippen molar-refractivity contribution in [2.75, 3.05) is 24.5 Å². The number of rotatable bonds is 3. The van der Waals surface area contributed by atoms with Gasteiger partial charge in [0.1, 0.15) is 5.60 Å². The third-order valence-electron chi connectivity index (χ3n) is 8.21. The molecule has 0 radical (unpaired) electrons. The molecule has 3 heterocycles. The molecule has 1 fully saturated rings. The van der Waals surface area contributed by atoms with E-state index in [1.807, 2.05) is 31.7 Å². The van der Waals surface area contributed by atoms with Gasteiger partial charge in [-0.25, -0.2) is 4.79 Å². The van der Waals surface area contributed by atoms with E-state index in [1.165, 1.54) is 32.9 Å². The predicted octanol–water partition coefficient (Wildman–Crippen LogP) is 7.10. The zero-order valence-electron chi connectivity index (χ0n) is 22.5. The Morgan fingerprint density at radius 3 is 2.38 bits per heavy atom. The van der Waals surface area contributed by atoms with Crippen molar-refractivity contribution < 1.29 is 9.53 Å². The van der Waals surface area contributed by atoms with E-state index in [0.29, 0.717) is 6.54 Å². The maximum Gasteiger partial charge on any atom is 0.414 e. The molecule has 1 saturated heterocycles. The summed E-state index contributed by atoms with van der Waals surface area (Å²) < 4.78 is 8.17. The van der Waals surface area contributed by atoms with Gasteiger partial charge in [0.15, 0.2) is 0 Å². The lowest BCUT2D eigenvalue weighted by atomic mass is 9.74. The molecule has 2 aliphatic rings. The van der Waals surface area contributed by atoms with Gasteiger partial charge in [-0.15, -0.1) is 0 Å². The van der Waals surface area contributed by atoms with Crippen molar-refractivity contribution in [2.24, 2.45) is 0 Å². The minimum absolute atomic E-state index is 0.00248. The Balaban J connectivity index is 1.21. The number of fused-ring (bicyclic) bond motifs is 5. The number of para-hydroxylation sites is 2. The van der Waals surface area contributed by atoms with Gasteiger partial charge in [-0.05, 0) is 89.0 Å². The molecule has 3 aromatic carbocycles. The number of aromatic nitrogens is 1. The summed E-state index contributed by atoms with van der Waals surface area (Å²) in [4.78, 5) is 17.5. The van der Waals surface area contributed by atoms with Crippen LogP contribution in [-0.2, 0) is 23.2 Å². The van der Waals surface area contributed by atoms with E-state index in [2.05, 4.69) is 77.1 Å². The minimum Gasteiger partial charge on any atom is -0.443 e. The van der Waals surface area contributed by atoms with Crippen LogP contribution in [0.3, 0.4) is 0 Å². The molecule has 5 heteroatoms. The second-order valence-corrected chi connectivity index (χ2v) is 11.8. The second kappa shape index (κ2) is 8.91. The van der Waals surface area contributed by atoms with Crippen LogP contribution in [0.4, 0.5) is 10.5 Å². The predicted molar refractivity (Wildman–Crippen MR) is 151 cm³/mol. The van der Waals surface area contributed by atoms with Crippen molar-refractivity contribution in [1.82, 2.24) is 9.47 Å². The van der Waals surface area contributed by atoms with Gasteiger partial charge < -0.3 is 9.30 Å². The number of hydrogen-bond acceptors (Lipinski definition) is 3. The van der Waals surface area contributed by atoms with Crippen LogP contribution in [0.2, 0.25) is 0 Å². The first kappa shape index (κ1) is 24.1. The third kappa shape index (κ3) is 4.19. The smallest absolute Gasteiger partial charge is 0.414 e. The molecule has 1 aromatic heterocycles. The Bertz CT molecular complexity index is 1470. The average Bonchev–Trinajstić information content (AvgIpc) is 3.37. The van der Waals surface area contributed by atoms with Crippen LogP contribution in [0.15, 0.2) is 66.7 Å². The van der Waals surface area contributed by atoms with Gasteiger partial charge >= 0.3 is 6.09 Å². The lowest BCUT2D eigenvalue weighted by Crippen LogP contribution is -2.46. The van der Waals surface area contributed by atoms with Gasteiger partial charge in [0.25, 0.3) is 0 Å². The fraction of sp³-hybridized carbons (Fsp3) is 0.406. The first-order chi connectivity index (χ1) is 17.8. The van der Waals surface area contributed by atoms with Crippen molar-refractivity contribution in [3.63, 3.8) is 0 Å². The molecule has 2 aliphatic heterocycles. The lowest BCUT2D eigenvalue weighted by Gasteiger charge is -2.40. The van der Waals surface area contributed by atoms with Crippen molar-refractivity contribution in [3.8, 4) is 0 Å². The number of nitrogens with zero attached hydrogens (tertiary/aromatic N) is 3. The van der Waals surface area contributed by atoms with Crippen LogP contribution in [0, 0.1) is 0 Å². The molecular weight excluding hydrogens is 458 g/mol. The molecule has 0 aliphatic carbocycles. The molecule has 1 amide bonds. The SMILES string of the molecule is CCn1c2ccccc2c2cc(CN3CCC4(CC3)CN(C(=O)OC(C)(C)C)c3ccccc34)ccc21. The monoisotopic (exact) mass is 495 g/mol. The Kier molecular flexibility index (Phi) is 5.79. The molecule has 1 spiro atoms. The van der Waals surface area contributed by atoms with Gasteiger partial charge in [0, 0.05) is 46.9 Å². The highest BCUT2D eigenvalue weighted by atomic mass is 16.6. The molecular formula is C32H37N3O2. The van der Waals surface area contributed by atoms with Crippen LogP contribution >= 0.6 is 0 Å². The van der Waals surface area contributed by atoms with E-state index in [-0.39, 0.29) is 11.5 Å². The highest BCUT2D eigenvalue weighted by molar-refractivity contribution is 6.08. The summed E-state index contributed by atoms with van der Waals surface area (Å²) >= 11 is 0. The van der Waals surface area contributed by atoms with E-state index in [0.717, 1.165) is 44.7 Å². The van der Waals surface area contributed by atoms with E-state index in [4.69, 9.17) is 4.74 Å². The largest absolute Gasteiger partial charge is 0.443 e. The fourth-order valence-electron chi connectivity index (χ4n) is 6.48. The summed E-state index contributed by atoms with van der Waals surface area (Å²) in [5.41, 5.74) is 5.81. The Morgan fingerprint density at radius 1 is 0.919 bits per heavy atom. The third-order valence-corrected chi connectivity index (χ3v) is 8.21. The van der Waals surface area contributed by atoms with Crippen LogP contribution in [0.5, 0.6) is 0 Å². The van der Waals surface area contributed by atoms with Crippen molar-refractivity contribution in [3.05, 3.63) is 77.9 Å². The first-order valence-electron chi connectivity index (χ1n) is 13.6. The number of hydrogen-bond donors (Lipinski definition) is 0. The number of aryl methyl sites for hydroxylation is 1. The van der Waals surface area contributed by atoms with Crippen LogP contribution in [0.1, 0.15) is 51.7 Å². The summed E-state index contributed by atoms with van der Waals surface area (Å²) in [6.07, 6.45) is 1.85. The number of benzene rings is 3. The van der Waals surface area contributed by atoms with Gasteiger partial charge in [0.05, 0.1) is 5.69 Å². The van der Waals surface area contributed by atoms with Gasteiger partial charge in [-0.2, -0.15) is 0 Å². The Labute approximate surface area is 219 Å². The molecule has 4 aromatic rings. The molecule has 0 unspecified atom stereocenters. The number of piperidine rings is 1. The molecule has 6 rings (SSSR count). The minimum atomic E-state index is -0.504. The molecule has 5 nitrogen and oxygen atoms in total. The zero-order valence-corrected chi connectivity index (χ0v) is 22.5. The fourth-order valence-corrected chi connectivity index (χ4v) is 6.48. The zero-order chi connectivity index (χ0) is 25.8. The number of carbonyl (C=O) groups excluding carboxylic acids is 1. The summed E-state index contributed by atoms with van der Waals surface area (Å²) in [6, 6.07) is 24.1. The molecule has 192 valence electrons. The van der Waals surface area contributed by atoms with Crippen LogP contribution in [-0.4, -0.2) is 40.8 Å². The molecule has 0 N–H and O–H groups in total. The summed E-state index contributed by atoms with van der Waals surface area (Å²) in [7, 11) is 0. The van der Waals surface area contributed by atoms with E-state index >= 15 is 0 Å². The average molecular weight is 496 g/mol. The van der Waals surface area contributed by atoms with Gasteiger partial charge in [0.2, 0.25) is 0 Å². The topological polar surface area (TPSA) is 37.7 Å². The first-order valence-corrected chi connectivity index (χ1v) is 13.6. The van der Waals surface area contributed by atoms with E-state index in [1.54, 1.807) is 0 Å².